The topological polar surface area (TPSA) is 92.9 Å². The molecule has 1 N–H and O–H groups in total. The van der Waals surface area contributed by atoms with Crippen molar-refractivity contribution >= 4 is 5.97 Å². The van der Waals surface area contributed by atoms with Gasteiger partial charge in [-0.2, -0.15) is 0 Å². The van der Waals surface area contributed by atoms with Crippen LogP contribution >= 0.6 is 0 Å². The van der Waals surface area contributed by atoms with Crippen molar-refractivity contribution in [1.29, 1.82) is 0 Å². The van der Waals surface area contributed by atoms with E-state index in [-0.39, 0.29) is 12.2 Å². The van der Waals surface area contributed by atoms with Gasteiger partial charge < -0.3 is 14.3 Å². The van der Waals surface area contributed by atoms with Gasteiger partial charge in [-0.3, -0.25) is 19.5 Å². The lowest BCUT2D eigenvalue weighted by molar-refractivity contribution is -0.140. The number of hydrogen-bond donors (Lipinski definition) is 1. The lowest BCUT2D eigenvalue weighted by atomic mass is 9.93. The fourth-order valence-corrected chi connectivity index (χ4v) is 3.97. The normalized spacial score (nSPS) is 14.6. The molecule has 160 valence electrons. The first kappa shape index (κ1) is 20.8. The van der Waals surface area contributed by atoms with Gasteiger partial charge in [0.1, 0.15) is 5.76 Å². The van der Waals surface area contributed by atoms with Crippen LogP contribution in [0.5, 0.6) is 5.75 Å². The molecule has 31 heavy (non-hydrogen) atoms. The van der Waals surface area contributed by atoms with Crippen molar-refractivity contribution in [1.82, 2.24) is 9.88 Å². The molecule has 0 radical (unpaired) electrons. The van der Waals surface area contributed by atoms with Gasteiger partial charge in [0, 0.05) is 31.5 Å². The van der Waals surface area contributed by atoms with Crippen LogP contribution in [-0.2, 0) is 29.0 Å². The minimum atomic E-state index is -0.684. The van der Waals surface area contributed by atoms with E-state index in [0.717, 1.165) is 19.5 Å². The summed E-state index contributed by atoms with van der Waals surface area (Å²) in [6, 6.07) is 13.1. The molecule has 0 aliphatic carbocycles. The average Bonchev–Trinajstić information content (AvgIpc) is 2.80. The number of carbonyl (C=O) groups excluding carboxylic acids is 1. The summed E-state index contributed by atoms with van der Waals surface area (Å²) < 4.78 is 10.8. The third-order valence-electron chi connectivity index (χ3n) is 5.59. The Hall–Kier alpha value is -3.45. The summed E-state index contributed by atoms with van der Waals surface area (Å²) in [5, 5.41) is 10.5. The van der Waals surface area contributed by atoms with Crippen molar-refractivity contribution in [3.63, 3.8) is 0 Å². The molecular formula is C24H24N2O5. The zero-order chi connectivity index (χ0) is 21.8. The van der Waals surface area contributed by atoms with Crippen LogP contribution in [0.3, 0.4) is 0 Å². The Morgan fingerprint density at radius 2 is 2.06 bits per heavy atom. The molecule has 4 rings (SSSR count). The smallest absolute Gasteiger partial charge is 0.306 e. The molecule has 1 aromatic carbocycles. The van der Waals surface area contributed by atoms with Crippen LogP contribution in [0.15, 0.2) is 64.1 Å². The zero-order valence-corrected chi connectivity index (χ0v) is 17.3. The average molecular weight is 420 g/mol. The van der Waals surface area contributed by atoms with Gasteiger partial charge in [-0.25, -0.2) is 0 Å². The number of methoxy groups -OCH3 is 1. The lowest BCUT2D eigenvalue weighted by Crippen LogP contribution is -2.30. The van der Waals surface area contributed by atoms with Gasteiger partial charge in [0.2, 0.25) is 11.2 Å². The van der Waals surface area contributed by atoms with Crippen LogP contribution in [0.25, 0.3) is 0 Å². The molecule has 0 bridgehead atoms. The summed E-state index contributed by atoms with van der Waals surface area (Å²) in [6.45, 7) is 2.02. The Morgan fingerprint density at radius 3 is 2.81 bits per heavy atom. The highest BCUT2D eigenvalue weighted by molar-refractivity contribution is 5.71. The predicted molar refractivity (Wildman–Crippen MR) is 114 cm³/mol. The first-order valence-electron chi connectivity index (χ1n) is 10.2. The molecule has 3 heterocycles. The lowest BCUT2D eigenvalue weighted by Gasteiger charge is -2.28. The number of benzene rings is 1. The number of pyridine rings is 1. The fourth-order valence-electron chi connectivity index (χ4n) is 3.97. The molecule has 0 fully saturated rings. The second-order valence-corrected chi connectivity index (χ2v) is 7.64. The molecule has 0 unspecified atom stereocenters. The van der Waals surface area contributed by atoms with E-state index in [1.54, 1.807) is 24.5 Å². The molecule has 7 nitrogen and oxygen atoms in total. The Balaban J connectivity index is 1.65. The number of hydrogen-bond acceptors (Lipinski definition) is 7. The summed E-state index contributed by atoms with van der Waals surface area (Å²) in [5.74, 6) is -1.16. The van der Waals surface area contributed by atoms with Gasteiger partial charge in [0.25, 0.3) is 0 Å². The summed E-state index contributed by atoms with van der Waals surface area (Å²) in [4.78, 5) is 30.9. The molecule has 0 saturated carbocycles. The zero-order valence-electron chi connectivity index (χ0n) is 17.3. The molecule has 1 atom stereocenters. The van der Waals surface area contributed by atoms with Crippen LogP contribution in [0, 0.1) is 0 Å². The maximum absolute atomic E-state index is 12.5. The number of nitrogens with zero attached hydrogens (tertiary/aromatic N) is 2. The highest BCUT2D eigenvalue weighted by Crippen LogP contribution is 2.33. The van der Waals surface area contributed by atoms with Crippen LogP contribution < -0.4 is 5.43 Å². The first-order chi connectivity index (χ1) is 15.0. The Bertz CT molecular complexity index is 1130. The quantitative estimate of drug-likeness (QED) is 0.613. The third-order valence-corrected chi connectivity index (χ3v) is 5.59. The molecule has 2 aromatic heterocycles. The molecule has 0 amide bonds. The van der Waals surface area contributed by atoms with E-state index < -0.39 is 23.1 Å². The summed E-state index contributed by atoms with van der Waals surface area (Å²) >= 11 is 0. The Morgan fingerprint density at radius 1 is 1.26 bits per heavy atom. The highest BCUT2D eigenvalue weighted by atomic mass is 16.5. The van der Waals surface area contributed by atoms with E-state index in [4.69, 9.17) is 9.15 Å². The number of rotatable bonds is 6. The summed E-state index contributed by atoms with van der Waals surface area (Å²) in [6.07, 6.45) is 4.03. The molecule has 0 spiro atoms. The molecule has 0 saturated heterocycles. The second kappa shape index (κ2) is 9.14. The summed E-state index contributed by atoms with van der Waals surface area (Å²) in [7, 11) is 1.29. The maximum atomic E-state index is 12.5. The predicted octanol–water partition coefficient (Wildman–Crippen LogP) is 2.99. The van der Waals surface area contributed by atoms with Gasteiger partial charge in [-0.05, 0) is 29.2 Å². The fraction of sp³-hybridized carbons (Fsp3) is 0.292. The molecule has 7 heteroatoms. The second-order valence-electron chi connectivity index (χ2n) is 7.64. The number of esters is 1. The van der Waals surface area contributed by atoms with Crippen molar-refractivity contribution in [2.75, 3.05) is 13.7 Å². The largest absolute Gasteiger partial charge is 0.502 e. The molecule has 1 aliphatic rings. The van der Waals surface area contributed by atoms with Gasteiger partial charge in [0.15, 0.2) is 5.76 Å². The number of carbonyl (C=O) groups is 1. The van der Waals surface area contributed by atoms with Crippen LogP contribution in [0.1, 0.15) is 40.5 Å². The van der Waals surface area contributed by atoms with Crippen molar-refractivity contribution in [3.05, 3.63) is 93.3 Å². The van der Waals surface area contributed by atoms with Crippen molar-refractivity contribution in [3.8, 4) is 5.75 Å². The third kappa shape index (κ3) is 4.67. The summed E-state index contributed by atoms with van der Waals surface area (Å²) in [5.41, 5.74) is 2.71. The molecule has 3 aromatic rings. The van der Waals surface area contributed by atoms with Crippen molar-refractivity contribution < 1.29 is 19.1 Å². The van der Waals surface area contributed by atoms with E-state index in [2.05, 4.69) is 22.0 Å². The van der Waals surface area contributed by atoms with Gasteiger partial charge >= 0.3 is 5.97 Å². The van der Waals surface area contributed by atoms with Gasteiger partial charge in [0.05, 0.1) is 26.0 Å². The van der Waals surface area contributed by atoms with E-state index in [1.165, 1.54) is 24.3 Å². The first-order valence-corrected chi connectivity index (χ1v) is 10.2. The monoisotopic (exact) mass is 420 g/mol. The van der Waals surface area contributed by atoms with Crippen molar-refractivity contribution in [2.24, 2.45) is 0 Å². The molecular weight excluding hydrogens is 396 g/mol. The SMILES string of the molecule is COC(=O)C[C@H](c1cccnc1)c1oc(CN2CCc3ccccc3C2)cc(=O)c1O. The van der Waals surface area contributed by atoms with E-state index in [9.17, 15) is 14.7 Å². The number of aromatic hydroxyl groups is 1. The standard InChI is InChI=1S/C24H24N2O5/c1-30-22(28)12-20(17-7-4-9-25-13-17)24-23(29)21(27)11-19(31-24)15-26-10-8-16-5-2-3-6-18(16)14-26/h2-7,9,11,13,20,29H,8,10,12,14-15H2,1H3/t20-/m1/s1. The number of ether oxygens (including phenoxy) is 1. The van der Waals surface area contributed by atoms with Gasteiger partial charge in [-0.15, -0.1) is 0 Å². The number of aromatic nitrogens is 1. The minimum absolute atomic E-state index is 0.0540. The Labute approximate surface area is 179 Å². The van der Waals surface area contributed by atoms with Crippen LogP contribution in [0.4, 0.5) is 0 Å². The maximum Gasteiger partial charge on any atom is 0.306 e. The van der Waals surface area contributed by atoms with Crippen LogP contribution in [-0.4, -0.2) is 34.6 Å². The van der Waals surface area contributed by atoms with Crippen LogP contribution in [0.2, 0.25) is 0 Å². The van der Waals surface area contributed by atoms with Crippen molar-refractivity contribution in [2.45, 2.75) is 31.8 Å². The van der Waals surface area contributed by atoms with Gasteiger partial charge in [-0.1, -0.05) is 30.3 Å². The van der Waals surface area contributed by atoms with E-state index in [1.807, 2.05) is 12.1 Å². The number of fused-ring (bicyclic) bond motifs is 1. The van der Waals surface area contributed by atoms with E-state index >= 15 is 0 Å². The van der Waals surface area contributed by atoms with E-state index in [0.29, 0.717) is 17.9 Å². The highest BCUT2D eigenvalue weighted by Gasteiger charge is 2.27. The Kier molecular flexibility index (Phi) is 6.13. The minimum Gasteiger partial charge on any atom is -0.502 e. The molecule has 1 aliphatic heterocycles.